The van der Waals surface area contributed by atoms with Crippen molar-refractivity contribution in [2.24, 2.45) is 0 Å². The van der Waals surface area contributed by atoms with Gasteiger partial charge in [0.05, 0.1) is 0 Å². The molecule has 0 saturated carbocycles. The van der Waals surface area contributed by atoms with Crippen LogP contribution in [-0.2, 0) is 16.1 Å². The minimum atomic E-state index is -0.213. The minimum absolute atomic E-state index is 0.0271. The third kappa shape index (κ3) is 5.53. The fraction of sp³-hybridized carbons (Fsp3) is 0.222. The smallest absolute Gasteiger partial charge is 0.244 e. The Balaban J connectivity index is 1.98. The number of aryl methyl sites for hydroxylation is 1. The molecule has 0 spiro atoms. The van der Waals surface area contributed by atoms with Crippen LogP contribution in [0.1, 0.15) is 18.1 Å². The quantitative estimate of drug-likeness (QED) is 0.866. The van der Waals surface area contributed by atoms with Crippen LogP contribution in [0, 0.1) is 6.92 Å². The molecule has 0 aliphatic carbocycles. The number of amides is 2. The summed E-state index contributed by atoms with van der Waals surface area (Å²) in [5, 5.41) is 2.80. The van der Waals surface area contributed by atoms with E-state index in [9.17, 15) is 9.59 Å². The maximum absolute atomic E-state index is 12.1. The second-order valence-corrected chi connectivity index (χ2v) is 6.33. The summed E-state index contributed by atoms with van der Waals surface area (Å²) in [5.41, 5.74) is 2.87. The largest absolute Gasteiger partial charge is 0.329 e. The molecular weight excluding hydrogens is 356 g/mol. The van der Waals surface area contributed by atoms with Crippen LogP contribution in [0.2, 0.25) is 0 Å². The van der Waals surface area contributed by atoms with Crippen molar-refractivity contribution in [1.29, 1.82) is 0 Å². The molecule has 1 N–H and O–H groups in total. The molecular formula is C18H19BrN2O2. The van der Waals surface area contributed by atoms with Crippen LogP contribution in [0.15, 0.2) is 53.0 Å². The fourth-order valence-electron chi connectivity index (χ4n) is 2.10. The number of carbonyl (C=O) groups excluding carboxylic acids is 2. The number of anilines is 1. The van der Waals surface area contributed by atoms with Gasteiger partial charge in [-0.3, -0.25) is 9.59 Å². The van der Waals surface area contributed by atoms with Crippen LogP contribution >= 0.6 is 15.9 Å². The summed E-state index contributed by atoms with van der Waals surface area (Å²) in [6.07, 6.45) is 0. The maximum Gasteiger partial charge on any atom is 0.244 e. The van der Waals surface area contributed by atoms with E-state index in [0.29, 0.717) is 12.2 Å². The van der Waals surface area contributed by atoms with Gasteiger partial charge in [0.1, 0.15) is 6.54 Å². The van der Waals surface area contributed by atoms with Gasteiger partial charge in [0.15, 0.2) is 0 Å². The number of benzene rings is 2. The second kappa shape index (κ2) is 7.92. The number of nitrogens with zero attached hydrogens (tertiary/aromatic N) is 1. The number of nitrogens with one attached hydrogen (secondary N) is 1. The van der Waals surface area contributed by atoms with Crippen molar-refractivity contribution in [3.8, 4) is 0 Å². The van der Waals surface area contributed by atoms with E-state index in [0.717, 1.165) is 15.6 Å². The highest BCUT2D eigenvalue weighted by Gasteiger charge is 2.14. The molecule has 2 aromatic carbocycles. The van der Waals surface area contributed by atoms with Crippen molar-refractivity contribution in [2.45, 2.75) is 20.4 Å². The Hall–Kier alpha value is -2.14. The van der Waals surface area contributed by atoms with Gasteiger partial charge in [0.25, 0.3) is 0 Å². The highest BCUT2D eigenvalue weighted by atomic mass is 79.9. The third-order valence-electron chi connectivity index (χ3n) is 3.40. The molecule has 23 heavy (non-hydrogen) atoms. The number of rotatable bonds is 5. The number of halogens is 1. The van der Waals surface area contributed by atoms with Gasteiger partial charge < -0.3 is 10.2 Å². The van der Waals surface area contributed by atoms with E-state index < -0.39 is 0 Å². The molecule has 0 aliphatic rings. The lowest BCUT2D eigenvalue weighted by Crippen LogP contribution is -2.36. The summed E-state index contributed by atoms with van der Waals surface area (Å²) < 4.78 is 0.945. The summed E-state index contributed by atoms with van der Waals surface area (Å²) >= 11 is 3.35. The molecule has 0 bridgehead atoms. The third-order valence-corrected chi connectivity index (χ3v) is 3.93. The van der Waals surface area contributed by atoms with E-state index in [4.69, 9.17) is 0 Å². The van der Waals surface area contributed by atoms with Gasteiger partial charge >= 0.3 is 0 Å². The number of carbonyl (C=O) groups is 2. The van der Waals surface area contributed by atoms with Crippen LogP contribution in [0.5, 0.6) is 0 Å². The van der Waals surface area contributed by atoms with Crippen molar-refractivity contribution >= 4 is 33.4 Å². The van der Waals surface area contributed by atoms with Gasteiger partial charge in [-0.1, -0.05) is 45.8 Å². The van der Waals surface area contributed by atoms with E-state index in [1.807, 2.05) is 43.3 Å². The molecule has 0 heterocycles. The number of hydrogen-bond donors (Lipinski definition) is 1. The number of hydrogen-bond acceptors (Lipinski definition) is 2. The second-order valence-electron chi connectivity index (χ2n) is 5.42. The SMILES string of the molecule is CC(=O)N(CC(=O)Nc1ccc(Br)cc1)Cc1ccc(C)cc1. The van der Waals surface area contributed by atoms with E-state index in [-0.39, 0.29) is 18.4 Å². The first kappa shape index (κ1) is 17.2. The van der Waals surface area contributed by atoms with E-state index in [2.05, 4.69) is 21.2 Å². The van der Waals surface area contributed by atoms with Crippen molar-refractivity contribution in [2.75, 3.05) is 11.9 Å². The van der Waals surface area contributed by atoms with E-state index in [1.54, 1.807) is 12.1 Å². The van der Waals surface area contributed by atoms with Gasteiger partial charge in [-0.05, 0) is 36.8 Å². The predicted molar refractivity (Wildman–Crippen MR) is 95.0 cm³/mol. The molecule has 5 heteroatoms. The normalized spacial score (nSPS) is 10.2. The van der Waals surface area contributed by atoms with Crippen LogP contribution in [-0.4, -0.2) is 23.3 Å². The summed E-state index contributed by atoms with van der Waals surface area (Å²) in [7, 11) is 0. The zero-order valence-electron chi connectivity index (χ0n) is 13.2. The fourth-order valence-corrected chi connectivity index (χ4v) is 2.36. The van der Waals surface area contributed by atoms with E-state index in [1.165, 1.54) is 11.8 Å². The summed E-state index contributed by atoms with van der Waals surface area (Å²) in [4.78, 5) is 25.5. The molecule has 2 amide bonds. The highest BCUT2D eigenvalue weighted by molar-refractivity contribution is 9.10. The molecule has 2 aromatic rings. The van der Waals surface area contributed by atoms with Crippen LogP contribution in [0.25, 0.3) is 0 Å². The zero-order valence-corrected chi connectivity index (χ0v) is 14.8. The molecule has 0 unspecified atom stereocenters. The predicted octanol–water partition coefficient (Wildman–Crippen LogP) is 3.74. The zero-order chi connectivity index (χ0) is 16.8. The Morgan fingerprint density at radius 1 is 1.04 bits per heavy atom. The van der Waals surface area contributed by atoms with Crippen LogP contribution in [0.3, 0.4) is 0 Å². The average Bonchev–Trinajstić information content (AvgIpc) is 2.51. The van der Waals surface area contributed by atoms with Crippen molar-refractivity contribution < 1.29 is 9.59 Å². The van der Waals surface area contributed by atoms with Gasteiger partial charge in [-0.2, -0.15) is 0 Å². The molecule has 0 atom stereocenters. The molecule has 2 rings (SSSR count). The molecule has 4 nitrogen and oxygen atoms in total. The monoisotopic (exact) mass is 374 g/mol. The highest BCUT2D eigenvalue weighted by Crippen LogP contribution is 2.14. The van der Waals surface area contributed by atoms with Crippen LogP contribution in [0.4, 0.5) is 5.69 Å². The van der Waals surface area contributed by atoms with Gasteiger partial charge in [-0.15, -0.1) is 0 Å². The molecule has 0 aliphatic heterocycles. The standard InChI is InChI=1S/C18H19BrN2O2/c1-13-3-5-15(6-4-13)11-21(14(2)22)12-18(23)20-17-9-7-16(19)8-10-17/h3-10H,11-12H2,1-2H3,(H,20,23). The Bertz CT molecular complexity index is 681. The summed E-state index contributed by atoms with van der Waals surface area (Å²) in [5.74, 6) is -0.342. The Morgan fingerprint density at radius 2 is 1.65 bits per heavy atom. The first-order valence-corrected chi connectivity index (χ1v) is 8.10. The lowest BCUT2D eigenvalue weighted by molar-refractivity contribution is -0.133. The Kier molecular flexibility index (Phi) is 5.93. The molecule has 0 saturated heterocycles. The van der Waals surface area contributed by atoms with Crippen molar-refractivity contribution in [1.82, 2.24) is 4.90 Å². The molecule has 0 fully saturated rings. The lowest BCUT2D eigenvalue weighted by atomic mass is 10.1. The average molecular weight is 375 g/mol. The molecule has 120 valence electrons. The van der Waals surface area contributed by atoms with Crippen molar-refractivity contribution in [3.05, 3.63) is 64.1 Å². The van der Waals surface area contributed by atoms with Gasteiger partial charge in [0.2, 0.25) is 11.8 Å². The lowest BCUT2D eigenvalue weighted by Gasteiger charge is -2.20. The summed E-state index contributed by atoms with van der Waals surface area (Å²) in [6.45, 7) is 3.93. The first-order chi connectivity index (χ1) is 10.9. The van der Waals surface area contributed by atoms with Crippen LogP contribution < -0.4 is 5.32 Å². The Labute approximate surface area is 144 Å². The molecule has 0 aromatic heterocycles. The van der Waals surface area contributed by atoms with Crippen molar-refractivity contribution in [3.63, 3.8) is 0 Å². The first-order valence-electron chi connectivity index (χ1n) is 7.30. The van der Waals surface area contributed by atoms with E-state index >= 15 is 0 Å². The minimum Gasteiger partial charge on any atom is -0.329 e. The topological polar surface area (TPSA) is 49.4 Å². The van der Waals surface area contributed by atoms with Gasteiger partial charge in [-0.25, -0.2) is 0 Å². The maximum atomic E-state index is 12.1. The molecule has 0 radical (unpaired) electrons. The van der Waals surface area contributed by atoms with Gasteiger partial charge in [0, 0.05) is 23.6 Å². The summed E-state index contributed by atoms with van der Waals surface area (Å²) in [6, 6.07) is 15.2. The Morgan fingerprint density at radius 3 is 2.22 bits per heavy atom.